The van der Waals surface area contributed by atoms with Crippen molar-refractivity contribution in [3.63, 3.8) is 0 Å². The summed E-state index contributed by atoms with van der Waals surface area (Å²) in [5.74, 6) is 0.504. The molecule has 1 unspecified atom stereocenters. The largest absolute Gasteiger partial charge is 0.498 e. The maximum absolute atomic E-state index is 14.6. The third-order valence-electron chi connectivity index (χ3n) is 7.50. The van der Waals surface area contributed by atoms with E-state index in [1.54, 1.807) is 18.2 Å². The van der Waals surface area contributed by atoms with E-state index in [0.29, 0.717) is 11.2 Å². The van der Waals surface area contributed by atoms with Crippen LogP contribution in [0.25, 0.3) is 0 Å². The minimum Gasteiger partial charge on any atom is -0.454 e. The quantitative estimate of drug-likeness (QED) is 0.615. The Labute approximate surface area is 195 Å². The molecule has 1 aliphatic carbocycles. The third kappa shape index (κ3) is 3.85. The van der Waals surface area contributed by atoms with Crippen molar-refractivity contribution in [3.8, 4) is 11.5 Å². The Morgan fingerprint density at radius 2 is 1.73 bits per heavy atom. The number of anilines is 1. The summed E-state index contributed by atoms with van der Waals surface area (Å²) in [6.07, 6.45) is 3.43. The molecule has 33 heavy (non-hydrogen) atoms. The molecule has 2 heterocycles. The number of benzene rings is 2. The number of fused-ring (bicyclic) bond motifs is 1. The van der Waals surface area contributed by atoms with Crippen LogP contribution in [0.3, 0.4) is 0 Å². The highest BCUT2D eigenvalue weighted by molar-refractivity contribution is 6.63. The highest BCUT2D eigenvalue weighted by Crippen LogP contribution is 2.43. The molecule has 3 aliphatic rings. The van der Waals surface area contributed by atoms with Crippen molar-refractivity contribution < 1.29 is 23.2 Å². The third-order valence-corrected chi connectivity index (χ3v) is 7.50. The summed E-state index contributed by atoms with van der Waals surface area (Å²) >= 11 is 0. The van der Waals surface area contributed by atoms with E-state index in [9.17, 15) is 9.18 Å². The summed E-state index contributed by atoms with van der Waals surface area (Å²) in [4.78, 5) is 15.1. The number of hydrogen-bond donors (Lipinski definition) is 0. The van der Waals surface area contributed by atoms with E-state index in [0.717, 1.165) is 36.9 Å². The second-order valence-electron chi connectivity index (χ2n) is 10.5. The maximum Gasteiger partial charge on any atom is 0.498 e. The summed E-state index contributed by atoms with van der Waals surface area (Å²) in [7, 11) is -0.658. The Kier molecular flexibility index (Phi) is 5.33. The topological polar surface area (TPSA) is 48.0 Å². The van der Waals surface area contributed by atoms with Crippen LogP contribution in [0.4, 0.5) is 10.1 Å². The van der Waals surface area contributed by atoms with Crippen molar-refractivity contribution in [2.45, 2.75) is 77.5 Å². The number of carbonyl (C=O) groups is 1. The fourth-order valence-electron chi connectivity index (χ4n) is 4.60. The standard InChI is InChI=1S/C26H31BFNO4/c1-16-10-13-18-21(29(16)24(30)17-11-12-17)15-14-19(27-32-25(2,3)26(4,5)33-27)23(18)31-22-9-7-6-8-20(22)28/h6-9,14-17H,10-13H2,1-5H3. The van der Waals surface area contributed by atoms with E-state index in [1.807, 2.05) is 44.7 Å². The molecule has 1 saturated heterocycles. The average Bonchev–Trinajstić information content (AvgIpc) is 3.56. The van der Waals surface area contributed by atoms with Crippen molar-refractivity contribution in [2.75, 3.05) is 4.90 Å². The van der Waals surface area contributed by atoms with Gasteiger partial charge in [-0.25, -0.2) is 4.39 Å². The van der Waals surface area contributed by atoms with Gasteiger partial charge >= 0.3 is 7.12 Å². The van der Waals surface area contributed by atoms with Crippen molar-refractivity contribution in [2.24, 2.45) is 5.92 Å². The Hall–Kier alpha value is -2.38. The Bertz CT molecular complexity index is 1080. The number of hydrogen-bond acceptors (Lipinski definition) is 4. The summed E-state index contributed by atoms with van der Waals surface area (Å²) in [6.45, 7) is 10.1. The first-order chi connectivity index (χ1) is 15.6. The SMILES string of the molecule is CC1CCc2c(ccc(B3OC(C)(C)C(C)(C)O3)c2Oc2ccccc2F)N1C(=O)C1CC1. The second-order valence-corrected chi connectivity index (χ2v) is 10.5. The first kappa shape index (κ1) is 22.4. The number of rotatable bonds is 4. The van der Waals surface area contributed by atoms with Gasteiger partial charge in [-0.1, -0.05) is 18.2 Å². The number of ether oxygens (including phenoxy) is 1. The molecular formula is C26H31BFNO4. The molecule has 0 aromatic heterocycles. The fourth-order valence-corrected chi connectivity index (χ4v) is 4.60. The summed E-state index contributed by atoms with van der Waals surface area (Å²) in [5, 5.41) is 0. The zero-order chi connectivity index (χ0) is 23.5. The van der Waals surface area contributed by atoms with E-state index in [2.05, 4.69) is 6.92 Å². The van der Waals surface area contributed by atoms with Crippen molar-refractivity contribution in [1.82, 2.24) is 0 Å². The van der Waals surface area contributed by atoms with E-state index in [1.165, 1.54) is 6.07 Å². The van der Waals surface area contributed by atoms with Crippen LogP contribution in [0.1, 0.15) is 59.4 Å². The molecule has 0 bridgehead atoms. The lowest BCUT2D eigenvalue weighted by Crippen LogP contribution is -2.44. The fraction of sp³-hybridized carbons (Fsp3) is 0.500. The van der Waals surface area contributed by atoms with Crippen LogP contribution < -0.4 is 15.1 Å². The Morgan fingerprint density at radius 1 is 1.06 bits per heavy atom. The number of nitrogens with zero attached hydrogens (tertiary/aromatic N) is 1. The van der Waals surface area contributed by atoms with Gasteiger partial charge in [0.05, 0.1) is 16.9 Å². The van der Waals surface area contributed by atoms with Gasteiger partial charge in [0.15, 0.2) is 11.6 Å². The van der Waals surface area contributed by atoms with E-state index in [-0.39, 0.29) is 23.6 Å². The average molecular weight is 451 g/mol. The van der Waals surface area contributed by atoms with Gasteiger partial charge in [-0.3, -0.25) is 4.79 Å². The molecule has 7 heteroatoms. The predicted molar refractivity (Wildman–Crippen MR) is 127 cm³/mol. The zero-order valence-corrected chi connectivity index (χ0v) is 20.0. The van der Waals surface area contributed by atoms with Gasteiger partial charge in [0.1, 0.15) is 5.75 Å². The van der Waals surface area contributed by atoms with Crippen LogP contribution in [-0.4, -0.2) is 30.3 Å². The number of carbonyl (C=O) groups excluding carboxylic acids is 1. The van der Waals surface area contributed by atoms with E-state index < -0.39 is 24.1 Å². The van der Waals surface area contributed by atoms with Crippen molar-refractivity contribution >= 4 is 24.2 Å². The molecule has 0 spiro atoms. The van der Waals surface area contributed by atoms with Crippen LogP contribution >= 0.6 is 0 Å². The molecule has 1 amide bonds. The second kappa shape index (κ2) is 7.85. The molecule has 2 aromatic carbocycles. The van der Waals surface area contributed by atoms with Gasteiger partial charge in [0.25, 0.3) is 0 Å². The van der Waals surface area contributed by atoms with Gasteiger partial charge in [-0.15, -0.1) is 0 Å². The van der Waals surface area contributed by atoms with Crippen LogP contribution in [0.2, 0.25) is 0 Å². The smallest absolute Gasteiger partial charge is 0.454 e. The van der Waals surface area contributed by atoms with Gasteiger partial charge in [-0.05, 0) is 78.5 Å². The molecule has 1 saturated carbocycles. The van der Waals surface area contributed by atoms with Gasteiger partial charge in [0.2, 0.25) is 5.91 Å². The van der Waals surface area contributed by atoms with E-state index >= 15 is 0 Å². The van der Waals surface area contributed by atoms with Gasteiger partial charge in [0, 0.05) is 23.0 Å². The molecule has 5 rings (SSSR count). The molecule has 2 fully saturated rings. The molecule has 0 radical (unpaired) electrons. The molecule has 5 nitrogen and oxygen atoms in total. The maximum atomic E-state index is 14.6. The normalized spacial score (nSPS) is 23.4. The van der Waals surface area contributed by atoms with Gasteiger partial charge in [-0.2, -0.15) is 0 Å². The van der Waals surface area contributed by atoms with Crippen molar-refractivity contribution in [1.29, 1.82) is 0 Å². The molecular weight excluding hydrogens is 420 g/mol. The zero-order valence-electron chi connectivity index (χ0n) is 20.0. The monoisotopic (exact) mass is 451 g/mol. The molecule has 1 atom stereocenters. The van der Waals surface area contributed by atoms with E-state index in [4.69, 9.17) is 14.0 Å². The Balaban J connectivity index is 1.63. The lowest BCUT2D eigenvalue weighted by molar-refractivity contribution is -0.120. The predicted octanol–water partition coefficient (Wildman–Crippen LogP) is 4.99. The summed E-state index contributed by atoms with van der Waals surface area (Å²) in [5.41, 5.74) is 1.41. The van der Waals surface area contributed by atoms with Gasteiger partial charge < -0.3 is 18.9 Å². The number of halogens is 1. The number of para-hydroxylation sites is 1. The van der Waals surface area contributed by atoms with Crippen LogP contribution in [-0.2, 0) is 20.5 Å². The van der Waals surface area contributed by atoms with Crippen LogP contribution in [0.5, 0.6) is 11.5 Å². The summed E-state index contributed by atoms with van der Waals surface area (Å²) < 4.78 is 33.5. The molecule has 0 N–H and O–H groups in total. The lowest BCUT2D eigenvalue weighted by atomic mass is 9.76. The first-order valence-electron chi connectivity index (χ1n) is 11.9. The molecule has 174 valence electrons. The molecule has 2 aliphatic heterocycles. The molecule has 2 aromatic rings. The number of amides is 1. The highest BCUT2D eigenvalue weighted by atomic mass is 19.1. The minimum absolute atomic E-state index is 0.106. The summed E-state index contributed by atoms with van der Waals surface area (Å²) in [6, 6.07) is 10.4. The van der Waals surface area contributed by atoms with Crippen LogP contribution in [0.15, 0.2) is 36.4 Å². The Morgan fingerprint density at radius 3 is 2.36 bits per heavy atom. The first-order valence-corrected chi connectivity index (χ1v) is 11.9. The lowest BCUT2D eigenvalue weighted by Gasteiger charge is -2.37. The van der Waals surface area contributed by atoms with Crippen molar-refractivity contribution in [3.05, 3.63) is 47.8 Å². The highest BCUT2D eigenvalue weighted by Gasteiger charge is 2.53. The minimum atomic E-state index is -0.658. The van der Waals surface area contributed by atoms with Crippen LogP contribution in [0, 0.1) is 11.7 Å².